The molecule has 3 amide bonds. The molecule has 0 saturated heterocycles. The minimum Gasteiger partial charge on any atom is -0.369 e. The van der Waals surface area contributed by atoms with Gasteiger partial charge in [-0.2, -0.15) is 0 Å². The SMILES string of the molecule is CCCCc1nc(C(=O)Nc2ccccc2C2=CC(Cl)(C(=S)NC(N)=O)C(O)(Cl)C=C2)cs1. The van der Waals surface area contributed by atoms with E-state index in [1.165, 1.54) is 23.5 Å². The second-order valence-corrected chi connectivity index (χ2v) is 9.89. The van der Waals surface area contributed by atoms with Crippen LogP contribution in [0.1, 0.15) is 40.8 Å². The van der Waals surface area contributed by atoms with E-state index in [1.54, 1.807) is 35.7 Å². The van der Waals surface area contributed by atoms with Gasteiger partial charge in [-0.15, -0.1) is 22.9 Å². The number of amides is 3. The predicted octanol–water partition coefficient (Wildman–Crippen LogP) is 4.59. The number of anilines is 1. The summed E-state index contributed by atoms with van der Waals surface area (Å²) in [5.74, 6) is -0.348. The molecule has 7 nitrogen and oxygen atoms in total. The van der Waals surface area contributed by atoms with Crippen molar-refractivity contribution in [2.75, 3.05) is 5.32 Å². The number of nitrogens with zero attached hydrogens (tertiary/aromatic N) is 1. The molecule has 0 saturated carbocycles. The summed E-state index contributed by atoms with van der Waals surface area (Å²) < 4.78 is 0. The van der Waals surface area contributed by atoms with Crippen LogP contribution in [0.3, 0.4) is 0 Å². The van der Waals surface area contributed by atoms with Crippen molar-refractivity contribution in [1.82, 2.24) is 10.3 Å². The topological polar surface area (TPSA) is 117 Å². The molecule has 0 radical (unpaired) electrons. The summed E-state index contributed by atoms with van der Waals surface area (Å²) in [6.07, 6.45) is 7.12. The van der Waals surface area contributed by atoms with Gasteiger partial charge in [0.2, 0.25) is 0 Å². The molecule has 1 heterocycles. The van der Waals surface area contributed by atoms with Crippen molar-refractivity contribution in [3.63, 3.8) is 0 Å². The number of benzene rings is 1. The van der Waals surface area contributed by atoms with Gasteiger partial charge >= 0.3 is 6.03 Å². The number of rotatable bonds is 7. The van der Waals surface area contributed by atoms with Crippen LogP contribution >= 0.6 is 46.8 Å². The molecule has 0 bridgehead atoms. The van der Waals surface area contributed by atoms with E-state index in [1.807, 2.05) is 0 Å². The number of nitrogens with one attached hydrogen (secondary N) is 2. The molecule has 2 atom stereocenters. The highest BCUT2D eigenvalue weighted by Gasteiger charge is 2.51. The highest BCUT2D eigenvalue weighted by molar-refractivity contribution is 7.80. The van der Waals surface area contributed by atoms with Gasteiger partial charge in [0.1, 0.15) is 10.7 Å². The highest BCUT2D eigenvalue weighted by Crippen LogP contribution is 2.43. The number of urea groups is 1. The summed E-state index contributed by atoms with van der Waals surface area (Å²) in [6, 6.07) is 6.10. The van der Waals surface area contributed by atoms with Gasteiger partial charge in [-0.25, -0.2) is 9.78 Å². The molecular weight excluding hydrogens is 503 g/mol. The summed E-state index contributed by atoms with van der Waals surface area (Å²) >= 11 is 19.4. The first-order chi connectivity index (χ1) is 15.6. The van der Waals surface area contributed by atoms with Crippen LogP contribution in [0.15, 0.2) is 47.9 Å². The smallest absolute Gasteiger partial charge is 0.317 e. The number of primary amides is 1. The second kappa shape index (κ2) is 10.3. The van der Waals surface area contributed by atoms with E-state index in [9.17, 15) is 14.7 Å². The molecule has 2 aromatic rings. The van der Waals surface area contributed by atoms with Crippen LogP contribution in [0.25, 0.3) is 5.57 Å². The third kappa shape index (κ3) is 5.62. The lowest BCUT2D eigenvalue weighted by Crippen LogP contribution is -2.56. The van der Waals surface area contributed by atoms with Crippen molar-refractivity contribution in [3.05, 3.63) is 64.1 Å². The van der Waals surface area contributed by atoms with Crippen molar-refractivity contribution in [2.45, 2.75) is 36.1 Å². The molecule has 1 aromatic heterocycles. The summed E-state index contributed by atoms with van der Waals surface area (Å²) in [4.78, 5) is 26.4. The highest BCUT2D eigenvalue weighted by atomic mass is 35.5. The average Bonchev–Trinajstić information content (AvgIpc) is 3.23. The third-order valence-electron chi connectivity index (χ3n) is 4.93. The summed E-state index contributed by atoms with van der Waals surface area (Å²) in [5.41, 5.74) is 7.09. The van der Waals surface area contributed by atoms with Crippen molar-refractivity contribution < 1.29 is 14.7 Å². The first kappa shape index (κ1) is 25.3. The number of para-hydroxylation sites is 1. The number of aryl methyl sites for hydroxylation is 1. The fourth-order valence-corrected chi connectivity index (χ4v) is 4.80. The van der Waals surface area contributed by atoms with Crippen molar-refractivity contribution >= 4 is 74.9 Å². The van der Waals surface area contributed by atoms with Crippen LogP contribution in [0.2, 0.25) is 0 Å². The van der Waals surface area contributed by atoms with Crippen LogP contribution in [0.5, 0.6) is 0 Å². The number of aromatic nitrogens is 1. The molecule has 11 heteroatoms. The Morgan fingerprint density at radius 1 is 1.30 bits per heavy atom. The maximum absolute atomic E-state index is 12.8. The van der Waals surface area contributed by atoms with Gasteiger partial charge in [-0.3, -0.25) is 4.79 Å². The van der Waals surface area contributed by atoms with Crippen LogP contribution in [0.4, 0.5) is 10.5 Å². The number of aliphatic hydroxyl groups is 1. The van der Waals surface area contributed by atoms with E-state index in [0.29, 0.717) is 22.5 Å². The van der Waals surface area contributed by atoms with Gasteiger partial charge in [-0.05, 0) is 36.6 Å². The second-order valence-electron chi connectivity index (χ2n) is 7.37. The van der Waals surface area contributed by atoms with E-state index in [4.69, 9.17) is 41.2 Å². The van der Waals surface area contributed by atoms with E-state index in [2.05, 4.69) is 22.5 Å². The van der Waals surface area contributed by atoms with E-state index < -0.39 is 16.0 Å². The van der Waals surface area contributed by atoms with Gasteiger partial charge in [0, 0.05) is 16.6 Å². The molecule has 33 heavy (non-hydrogen) atoms. The van der Waals surface area contributed by atoms with Gasteiger partial charge in [0.05, 0.1) is 5.01 Å². The van der Waals surface area contributed by atoms with Crippen molar-refractivity contribution in [1.29, 1.82) is 0 Å². The molecule has 5 N–H and O–H groups in total. The van der Waals surface area contributed by atoms with Crippen molar-refractivity contribution in [2.24, 2.45) is 5.73 Å². The zero-order valence-corrected chi connectivity index (χ0v) is 20.7. The van der Waals surface area contributed by atoms with E-state index in [0.717, 1.165) is 24.3 Å². The molecule has 2 unspecified atom stereocenters. The molecule has 1 aliphatic carbocycles. The number of halogens is 2. The number of unbranched alkanes of at least 4 members (excludes halogenated alkanes) is 1. The maximum atomic E-state index is 12.8. The Balaban J connectivity index is 1.91. The molecule has 0 fully saturated rings. The average molecular weight is 525 g/mol. The Labute approximate surface area is 210 Å². The lowest BCUT2D eigenvalue weighted by molar-refractivity contribution is 0.102. The Hall–Kier alpha value is -2.30. The standard InChI is InChI=1S/C22H22Cl2N4O3S2/c1-2-3-8-17-26-16(12-33-17)18(29)27-15-7-5-4-6-14(15)13-9-10-22(24,31)21(23,11-13)19(32)28-20(25)30/h4-7,9-12,31H,2-3,8H2,1H3,(H,27,29)(H3,25,28,30,32). The molecule has 0 aliphatic heterocycles. The van der Waals surface area contributed by atoms with Crippen LogP contribution in [-0.4, -0.2) is 37.0 Å². The minimum absolute atomic E-state index is 0.264. The Kier molecular flexibility index (Phi) is 7.92. The number of allylic oxidation sites excluding steroid dienone is 2. The van der Waals surface area contributed by atoms with Gasteiger partial charge in [0.15, 0.2) is 9.93 Å². The van der Waals surface area contributed by atoms with Crippen LogP contribution in [-0.2, 0) is 6.42 Å². The first-order valence-electron chi connectivity index (χ1n) is 10.1. The Morgan fingerprint density at radius 3 is 2.73 bits per heavy atom. The van der Waals surface area contributed by atoms with E-state index in [-0.39, 0.29) is 10.9 Å². The number of thiocarbonyl (C=S) groups is 1. The molecule has 0 spiro atoms. The summed E-state index contributed by atoms with van der Waals surface area (Å²) in [5, 5.41) is 16.2. The number of thiazole rings is 1. The fourth-order valence-electron chi connectivity index (χ4n) is 3.17. The summed E-state index contributed by atoms with van der Waals surface area (Å²) in [7, 11) is 0. The molecule has 174 valence electrons. The van der Waals surface area contributed by atoms with E-state index >= 15 is 0 Å². The third-order valence-corrected chi connectivity index (χ3v) is 7.48. The number of carbonyl (C=O) groups is 2. The zero-order valence-electron chi connectivity index (χ0n) is 17.6. The summed E-state index contributed by atoms with van der Waals surface area (Å²) in [6.45, 7) is 2.10. The Bertz CT molecular complexity index is 1150. The van der Waals surface area contributed by atoms with Crippen LogP contribution in [0, 0.1) is 0 Å². The molecule has 3 rings (SSSR count). The number of alkyl halides is 2. The normalized spacial score (nSPS) is 21.9. The van der Waals surface area contributed by atoms with Gasteiger partial charge in [0.25, 0.3) is 5.91 Å². The predicted molar refractivity (Wildman–Crippen MR) is 137 cm³/mol. The van der Waals surface area contributed by atoms with Crippen LogP contribution < -0.4 is 16.4 Å². The number of nitrogens with two attached hydrogens (primary N) is 1. The first-order valence-corrected chi connectivity index (χ1v) is 12.1. The Morgan fingerprint density at radius 2 is 2.03 bits per heavy atom. The number of carbonyl (C=O) groups excluding carboxylic acids is 2. The molecular formula is C22H22Cl2N4O3S2. The molecule has 1 aliphatic rings. The number of hydrogen-bond acceptors (Lipinski definition) is 6. The molecule has 1 aromatic carbocycles. The largest absolute Gasteiger partial charge is 0.369 e. The lowest BCUT2D eigenvalue weighted by atomic mass is 9.88. The fraction of sp³-hybridized carbons (Fsp3) is 0.273. The maximum Gasteiger partial charge on any atom is 0.317 e. The monoisotopic (exact) mass is 524 g/mol. The van der Waals surface area contributed by atoms with Crippen molar-refractivity contribution in [3.8, 4) is 0 Å². The van der Waals surface area contributed by atoms with Gasteiger partial charge in [-0.1, -0.05) is 61.4 Å². The quantitative estimate of drug-likeness (QED) is 0.312. The lowest BCUT2D eigenvalue weighted by Gasteiger charge is -2.37. The number of hydrogen-bond donors (Lipinski definition) is 4. The van der Waals surface area contributed by atoms with Gasteiger partial charge < -0.3 is 21.5 Å². The minimum atomic E-state index is -2.12. The zero-order chi connectivity index (χ0) is 24.2.